The van der Waals surface area contributed by atoms with Crippen LogP contribution in [0.25, 0.3) is 21.2 Å². The summed E-state index contributed by atoms with van der Waals surface area (Å²) in [4.78, 5) is 0. The first-order valence-corrected chi connectivity index (χ1v) is 20.0. The first-order chi connectivity index (χ1) is 23.5. The summed E-state index contributed by atoms with van der Waals surface area (Å²) in [5.41, 5.74) is -4.15. The first kappa shape index (κ1) is 36.7. The van der Waals surface area contributed by atoms with Gasteiger partial charge in [0.1, 0.15) is 0 Å². The van der Waals surface area contributed by atoms with E-state index in [1.807, 2.05) is 32.0 Å². The van der Waals surface area contributed by atoms with E-state index in [0.29, 0.717) is 54.0 Å². The van der Waals surface area contributed by atoms with Gasteiger partial charge in [-0.05, 0) is 13.8 Å². The molecule has 0 unspecified atom stereocenters. The molecular formula is C34H32F3IO9S2. The molecule has 0 N–H and O–H groups in total. The van der Waals surface area contributed by atoms with Crippen LogP contribution in [0.5, 0.6) is 28.1 Å². The molecule has 0 aliphatic rings. The van der Waals surface area contributed by atoms with E-state index in [1.54, 1.807) is 60.7 Å². The fourth-order valence-electron chi connectivity index (χ4n) is 4.32. The summed E-state index contributed by atoms with van der Waals surface area (Å²) in [6, 6.07) is 25.3. The van der Waals surface area contributed by atoms with Crippen LogP contribution in [-0.4, -0.2) is 47.8 Å². The summed E-state index contributed by atoms with van der Waals surface area (Å²) < 4.78 is 104. The van der Waals surface area contributed by atoms with Crippen LogP contribution in [0.15, 0.2) is 91.0 Å². The van der Waals surface area contributed by atoms with E-state index in [2.05, 4.69) is 0 Å². The van der Waals surface area contributed by atoms with Gasteiger partial charge in [-0.1, -0.05) is 0 Å². The van der Waals surface area contributed by atoms with E-state index in [-0.39, 0.29) is 13.6 Å². The van der Waals surface area contributed by atoms with Gasteiger partial charge in [-0.25, -0.2) is 0 Å². The van der Waals surface area contributed by atoms with Gasteiger partial charge >= 0.3 is 256 Å². The third-order valence-electron chi connectivity index (χ3n) is 6.70. The minimum atomic E-state index is -5.87. The second-order valence-electron chi connectivity index (χ2n) is 9.88. The molecule has 0 spiro atoms. The Morgan fingerprint density at radius 1 is 0.714 bits per heavy atom. The van der Waals surface area contributed by atoms with E-state index in [4.69, 9.17) is 30.9 Å². The average Bonchev–Trinajstić information content (AvgIpc) is 3.45. The van der Waals surface area contributed by atoms with Crippen molar-refractivity contribution in [2.45, 2.75) is 19.4 Å². The fraction of sp³-hybridized carbons (Fsp3) is 0.235. The molecule has 0 fully saturated rings. The number of thiophene rings is 1. The maximum atomic E-state index is 13.4. The number of halogens is 4. The monoisotopic (exact) mass is 832 g/mol. The van der Waals surface area contributed by atoms with Crippen molar-refractivity contribution in [3.63, 3.8) is 0 Å². The van der Waals surface area contributed by atoms with Crippen LogP contribution in [0, 0.1) is 7.14 Å². The number of methoxy groups -OCH3 is 1. The van der Waals surface area contributed by atoms with Crippen LogP contribution in [0.2, 0.25) is 0 Å². The molecule has 0 aliphatic heterocycles. The molecule has 5 rings (SSSR count). The van der Waals surface area contributed by atoms with Crippen LogP contribution < -0.4 is 18.9 Å². The van der Waals surface area contributed by atoms with Gasteiger partial charge in [0.05, 0.1) is 0 Å². The molecule has 0 saturated heterocycles. The molecule has 49 heavy (non-hydrogen) atoms. The normalized spacial score (nSPS) is 12.2. The Balaban J connectivity index is 1.52. The van der Waals surface area contributed by atoms with E-state index in [0.717, 1.165) is 15.6 Å². The van der Waals surface area contributed by atoms with Crippen LogP contribution in [0.4, 0.5) is 13.2 Å². The second-order valence-corrected chi connectivity index (χ2v) is 17.4. The summed E-state index contributed by atoms with van der Waals surface area (Å²) >= 11 is -2.25. The molecule has 5 aromatic rings. The molecular weight excluding hydrogens is 800 g/mol. The Hall–Kier alpha value is -3.61. The van der Waals surface area contributed by atoms with Crippen molar-refractivity contribution in [1.82, 2.24) is 0 Å². The van der Waals surface area contributed by atoms with E-state index in [1.165, 1.54) is 30.6 Å². The van der Waals surface area contributed by atoms with Crippen molar-refractivity contribution in [3.8, 4) is 39.2 Å². The summed E-state index contributed by atoms with van der Waals surface area (Å²) in [5, 5.41) is 1.39. The fourth-order valence-corrected chi connectivity index (χ4v) is 11.8. The third kappa shape index (κ3) is 9.15. The summed E-state index contributed by atoms with van der Waals surface area (Å²) in [6.45, 7) is 4.99. The Bertz CT molecular complexity index is 1930. The molecule has 15 heteroatoms. The molecule has 1 aromatic heterocycles. The predicted molar refractivity (Wildman–Crippen MR) is 188 cm³/mol. The number of hydrogen-bond donors (Lipinski definition) is 0. The van der Waals surface area contributed by atoms with Crippen molar-refractivity contribution in [1.29, 1.82) is 0 Å². The molecule has 4 aromatic carbocycles. The van der Waals surface area contributed by atoms with Crippen molar-refractivity contribution in [3.05, 3.63) is 98.1 Å². The zero-order valence-electron chi connectivity index (χ0n) is 26.5. The van der Waals surface area contributed by atoms with Gasteiger partial charge in [-0.3, -0.25) is 0 Å². The van der Waals surface area contributed by atoms with Gasteiger partial charge < -0.3 is 4.74 Å². The van der Waals surface area contributed by atoms with Crippen molar-refractivity contribution >= 4 is 51.8 Å². The quantitative estimate of drug-likeness (QED) is 0.0417. The summed E-state index contributed by atoms with van der Waals surface area (Å²) in [7, 11) is -4.42. The molecule has 1 heterocycles. The first-order valence-electron chi connectivity index (χ1n) is 14.7. The van der Waals surface area contributed by atoms with Crippen molar-refractivity contribution < 1.29 is 52.5 Å². The average molecular weight is 833 g/mol. The molecule has 0 bridgehead atoms. The Morgan fingerprint density at radius 2 is 1.24 bits per heavy atom. The zero-order valence-corrected chi connectivity index (χ0v) is 30.3. The van der Waals surface area contributed by atoms with Gasteiger partial charge in [0, 0.05) is 13.2 Å². The third-order valence-corrected chi connectivity index (χ3v) is 14.8. The van der Waals surface area contributed by atoms with E-state index < -0.39 is 35.9 Å². The molecule has 0 aliphatic carbocycles. The summed E-state index contributed by atoms with van der Waals surface area (Å²) in [6.07, 6.45) is 0. The molecule has 9 nitrogen and oxygen atoms in total. The SMILES string of the molecule is CCOCOc1ccc(Oc2sc3cc(OCOCC)ccc3c2-c2ccc(I(OS(=O)(=O)C(F)(F)F)c3ccc(OC)cc3)cc2)cc1. The number of alkyl halides is 3. The second kappa shape index (κ2) is 16.4. The van der Waals surface area contributed by atoms with Crippen LogP contribution in [-0.2, 0) is 22.1 Å². The van der Waals surface area contributed by atoms with E-state index in [9.17, 15) is 21.6 Å². The van der Waals surface area contributed by atoms with E-state index >= 15 is 0 Å². The Kier molecular flexibility index (Phi) is 12.3. The molecule has 0 atom stereocenters. The van der Waals surface area contributed by atoms with Crippen molar-refractivity contribution in [2.24, 2.45) is 0 Å². The molecule has 0 saturated carbocycles. The van der Waals surface area contributed by atoms with Crippen LogP contribution >= 0.6 is 31.6 Å². The summed E-state index contributed by atoms with van der Waals surface area (Å²) in [5.74, 6) is 2.21. The predicted octanol–water partition coefficient (Wildman–Crippen LogP) is 9.44. The molecule has 0 amide bonds. The molecule has 0 radical (unpaired) electrons. The van der Waals surface area contributed by atoms with Crippen LogP contribution in [0.1, 0.15) is 13.8 Å². The topological polar surface area (TPSA) is 98.8 Å². The Labute approximate surface area is 293 Å². The number of fused-ring (bicyclic) bond motifs is 1. The van der Waals surface area contributed by atoms with Gasteiger partial charge in [-0.15, -0.1) is 0 Å². The minimum absolute atomic E-state index is 0.0919. The van der Waals surface area contributed by atoms with Gasteiger partial charge in [0.25, 0.3) is 0 Å². The zero-order chi connectivity index (χ0) is 35.0. The van der Waals surface area contributed by atoms with Gasteiger partial charge in [0.15, 0.2) is 6.79 Å². The van der Waals surface area contributed by atoms with Gasteiger partial charge in [-0.2, -0.15) is 0 Å². The Morgan fingerprint density at radius 3 is 1.82 bits per heavy atom. The number of rotatable bonds is 16. The number of ether oxygens (including phenoxy) is 6. The maximum absolute atomic E-state index is 13.4. The molecule has 262 valence electrons. The standard InChI is InChI=1S/C34H32F3IO9S2/c1-4-42-21-44-27-14-16-28(17-15-27)46-33-32(30-19-18-29(20-31(30)48-33)45-22-43-5-2)23-6-8-24(9-7-23)38(47-49(39,40)34(35,36)37)25-10-12-26(41-3)13-11-25/h6-20H,4-5,21-22H2,1-3H3. The number of hydrogen-bond acceptors (Lipinski definition) is 10. The van der Waals surface area contributed by atoms with Gasteiger partial charge in [0.2, 0.25) is 0 Å². The van der Waals surface area contributed by atoms with Crippen molar-refractivity contribution in [2.75, 3.05) is 33.9 Å². The number of benzene rings is 4. The van der Waals surface area contributed by atoms with Crippen LogP contribution in [0.3, 0.4) is 0 Å².